The quantitative estimate of drug-likeness (QED) is 0.152. The molecule has 4 aromatic rings. The summed E-state index contributed by atoms with van der Waals surface area (Å²) in [5.74, 6) is 1.16. The molecule has 46 heavy (non-hydrogen) atoms. The molecule has 1 unspecified atom stereocenters. The van der Waals surface area contributed by atoms with E-state index in [9.17, 15) is 9.59 Å². The molecule has 2 aromatic carbocycles. The summed E-state index contributed by atoms with van der Waals surface area (Å²) in [6.45, 7) is 2.36. The Morgan fingerprint density at radius 2 is 1.87 bits per heavy atom. The highest BCUT2D eigenvalue weighted by molar-refractivity contribution is 7.98. The minimum atomic E-state index is -0.728. The van der Waals surface area contributed by atoms with Gasteiger partial charge in [0, 0.05) is 30.5 Å². The number of thioether (sulfide) groups is 1. The minimum Gasteiger partial charge on any atom is -0.467 e. The van der Waals surface area contributed by atoms with Crippen LogP contribution in [0.4, 0.5) is 5.69 Å². The first-order chi connectivity index (χ1) is 22.5. The van der Waals surface area contributed by atoms with Crippen LogP contribution in [0.3, 0.4) is 0 Å². The Morgan fingerprint density at radius 1 is 1.11 bits per heavy atom. The van der Waals surface area contributed by atoms with Gasteiger partial charge in [-0.15, -0.1) is 0 Å². The second-order valence-electron chi connectivity index (χ2n) is 11.7. The Bertz CT molecular complexity index is 1620. The van der Waals surface area contributed by atoms with Gasteiger partial charge >= 0.3 is 5.97 Å². The van der Waals surface area contributed by atoms with E-state index in [1.165, 1.54) is 39.2 Å². The molecule has 1 aliphatic rings. The lowest BCUT2D eigenvalue weighted by Crippen LogP contribution is -2.41. The molecule has 2 aromatic heterocycles. The molecule has 1 N–H and O–H groups in total. The molecule has 1 saturated carbocycles. The van der Waals surface area contributed by atoms with E-state index >= 15 is 0 Å². The van der Waals surface area contributed by atoms with Crippen LogP contribution >= 0.6 is 11.8 Å². The average molecular weight is 640 g/mol. The second-order valence-corrected chi connectivity index (χ2v) is 12.7. The van der Waals surface area contributed by atoms with Crippen LogP contribution in [0.15, 0.2) is 77.6 Å². The molecule has 2 heterocycles. The van der Waals surface area contributed by atoms with Gasteiger partial charge in [0.25, 0.3) is 5.91 Å². The first kappa shape index (κ1) is 32.9. The zero-order valence-electron chi connectivity index (χ0n) is 26.5. The number of hydrogen-bond acceptors (Lipinski definition) is 8. The maximum absolute atomic E-state index is 12.9. The number of carbonyl (C=O) groups is 2. The first-order valence-electron chi connectivity index (χ1n) is 15.8. The van der Waals surface area contributed by atoms with Crippen LogP contribution in [0.25, 0.3) is 11.3 Å². The second kappa shape index (κ2) is 16.2. The zero-order chi connectivity index (χ0) is 32.3. The monoisotopic (exact) mass is 639 g/mol. The van der Waals surface area contributed by atoms with Crippen LogP contribution in [0, 0.1) is 17.2 Å². The average Bonchev–Trinajstić information content (AvgIpc) is 3.77. The largest absolute Gasteiger partial charge is 0.467 e. The summed E-state index contributed by atoms with van der Waals surface area (Å²) in [5.41, 5.74) is 4.86. The molecule has 0 spiro atoms. The van der Waals surface area contributed by atoms with Crippen molar-refractivity contribution in [3.63, 3.8) is 0 Å². The molecule has 0 radical (unpaired) electrons. The van der Waals surface area contributed by atoms with Crippen molar-refractivity contribution >= 4 is 29.3 Å². The topological polar surface area (TPSA) is 113 Å². The fraction of sp³-hybridized carbons (Fsp3) is 0.389. The van der Waals surface area contributed by atoms with Crippen molar-refractivity contribution in [3.05, 3.63) is 95.8 Å². The van der Waals surface area contributed by atoms with Gasteiger partial charge in [-0.3, -0.25) is 4.79 Å². The number of rotatable bonds is 14. The van der Waals surface area contributed by atoms with Gasteiger partial charge in [0.2, 0.25) is 0 Å². The number of aromatic nitrogens is 2. The summed E-state index contributed by atoms with van der Waals surface area (Å²) in [4.78, 5) is 32.0. The number of furan rings is 1. The number of amides is 1. The molecule has 0 bridgehead atoms. The maximum Gasteiger partial charge on any atom is 0.328 e. The van der Waals surface area contributed by atoms with Gasteiger partial charge in [0.1, 0.15) is 11.8 Å². The smallest absolute Gasteiger partial charge is 0.328 e. The summed E-state index contributed by atoms with van der Waals surface area (Å²) in [6.07, 6.45) is 12.6. The molecule has 1 atom stereocenters. The predicted molar refractivity (Wildman–Crippen MR) is 181 cm³/mol. The maximum atomic E-state index is 12.9. The van der Waals surface area contributed by atoms with E-state index in [-0.39, 0.29) is 5.76 Å². The Kier molecular flexibility index (Phi) is 11.6. The van der Waals surface area contributed by atoms with Gasteiger partial charge in [0.05, 0.1) is 37.3 Å². The predicted octanol–water partition coefficient (Wildman–Crippen LogP) is 6.67. The Balaban J connectivity index is 1.31. The third-order valence-electron chi connectivity index (χ3n) is 8.54. The van der Waals surface area contributed by atoms with Crippen LogP contribution in [0.2, 0.25) is 0 Å². The molecule has 0 aliphatic heterocycles. The molecule has 10 heteroatoms. The van der Waals surface area contributed by atoms with Crippen molar-refractivity contribution < 1.29 is 18.7 Å². The van der Waals surface area contributed by atoms with Crippen LogP contribution in [-0.2, 0) is 22.6 Å². The van der Waals surface area contributed by atoms with Crippen molar-refractivity contribution in [1.82, 2.24) is 14.9 Å². The summed E-state index contributed by atoms with van der Waals surface area (Å²) >= 11 is 1.60. The standard InChI is InChI=1S/C36H41N5O4S/c1-44-36(43)32(18-19-46-2)39-35(42)34-17-16-33(45-34)29-12-14-30(15-13-29)40(22-27-6-4-3-5-7-27)24-31-21-38-25-41(31)23-28-10-8-26(20-37)9-11-28/h8-17,21,25,27,32H,3-7,18-19,22-24H2,1-2H3,(H,39,42). The molecular formula is C36H41N5O4S. The number of carbonyl (C=O) groups excluding carboxylic acids is 2. The van der Waals surface area contributed by atoms with Crippen molar-refractivity contribution in [2.45, 2.75) is 57.7 Å². The lowest BCUT2D eigenvalue weighted by Gasteiger charge is -2.31. The number of nitrogens with one attached hydrogen (secondary N) is 1. The Hall–Kier alpha value is -4.49. The summed E-state index contributed by atoms with van der Waals surface area (Å²) < 4.78 is 13.0. The highest BCUT2D eigenvalue weighted by Gasteiger charge is 2.24. The highest BCUT2D eigenvalue weighted by atomic mass is 32.2. The van der Waals surface area contributed by atoms with Gasteiger partial charge in [-0.05, 0) is 91.3 Å². The third-order valence-corrected chi connectivity index (χ3v) is 9.18. The van der Waals surface area contributed by atoms with E-state index < -0.39 is 17.9 Å². The van der Waals surface area contributed by atoms with Crippen molar-refractivity contribution in [3.8, 4) is 17.4 Å². The summed E-state index contributed by atoms with van der Waals surface area (Å²) in [5, 5.41) is 11.9. The number of nitrogens with zero attached hydrogens (tertiary/aromatic N) is 4. The number of imidazole rings is 1. The minimum absolute atomic E-state index is 0.145. The van der Waals surface area contributed by atoms with Crippen molar-refractivity contribution in [2.24, 2.45) is 5.92 Å². The fourth-order valence-electron chi connectivity index (χ4n) is 5.95. The number of esters is 1. The van der Waals surface area contributed by atoms with Crippen LogP contribution in [-0.4, -0.2) is 53.1 Å². The van der Waals surface area contributed by atoms with Gasteiger partial charge < -0.3 is 23.9 Å². The lowest BCUT2D eigenvalue weighted by atomic mass is 9.89. The van der Waals surface area contributed by atoms with Gasteiger partial charge in [-0.2, -0.15) is 17.0 Å². The zero-order valence-corrected chi connectivity index (χ0v) is 27.3. The number of hydrogen-bond donors (Lipinski definition) is 1. The molecule has 1 amide bonds. The molecule has 1 fully saturated rings. The molecule has 5 rings (SSSR count). The van der Waals surface area contributed by atoms with E-state index in [0.717, 1.165) is 35.6 Å². The lowest BCUT2D eigenvalue weighted by molar-refractivity contribution is -0.142. The van der Waals surface area contributed by atoms with E-state index in [4.69, 9.17) is 14.4 Å². The molecule has 240 valence electrons. The van der Waals surface area contributed by atoms with Crippen LogP contribution in [0.1, 0.15) is 65.9 Å². The van der Waals surface area contributed by atoms with E-state index in [1.54, 1.807) is 23.9 Å². The molecule has 1 aliphatic carbocycles. The SMILES string of the molecule is COC(=O)C(CCSC)NC(=O)c1ccc(-c2ccc(N(Cc3cncn3Cc3ccc(C#N)cc3)CC3CCCCC3)cc2)o1. The number of anilines is 1. The summed E-state index contributed by atoms with van der Waals surface area (Å²) in [6, 6.07) is 20.8. The number of benzene rings is 2. The Labute approximate surface area is 274 Å². The Morgan fingerprint density at radius 3 is 2.57 bits per heavy atom. The van der Waals surface area contributed by atoms with E-state index in [1.807, 2.05) is 55.2 Å². The number of nitriles is 1. The number of ether oxygens (including phenoxy) is 1. The number of methoxy groups -OCH3 is 1. The van der Waals surface area contributed by atoms with E-state index in [0.29, 0.717) is 36.0 Å². The normalized spacial score (nSPS) is 13.9. The van der Waals surface area contributed by atoms with Crippen molar-refractivity contribution in [1.29, 1.82) is 5.26 Å². The van der Waals surface area contributed by atoms with Crippen LogP contribution in [0.5, 0.6) is 0 Å². The van der Waals surface area contributed by atoms with Crippen LogP contribution < -0.4 is 10.2 Å². The first-order valence-corrected chi connectivity index (χ1v) is 17.2. The third kappa shape index (κ3) is 8.61. The van der Waals surface area contributed by atoms with Gasteiger partial charge in [-0.25, -0.2) is 9.78 Å². The molecular weight excluding hydrogens is 598 g/mol. The highest BCUT2D eigenvalue weighted by Crippen LogP contribution is 2.30. The van der Waals surface area contributed by atoms with Gasteiger partial charge in [0.15, 0.2) is 5.76 Å². The molecule has 0 saturated heterocycles. The molecule has 9 nitrogen and oxygen atoms in total. The van der Waals surface area contributed by atoms with E-state index in [2.05, 4.69) is 38.0 Å². The van der Waals surface area contributed by atoms with Crippen molar-refractivity contribution in [2.75, 3.05) is 30.6 Å². The fourth-order valence-corrected chi connectivity index (χ4v) is 6.42. The van der Waals surface area contributed by atoms with Gasteiger partial charge in [-0.1, -0.05) is 31.4 Å². The summed E-state index contributed by atoms with van der Waals surface area (Å²) in [7, 11) is 1.32.